The van der Waals surface area contributed by atoms with E-state index in [4.69, 9.17) is 0 Å². The van der Waals surface area contributed by atoms with Gasteiger partial charge in [0.05, 0.1) is 23.6 Å². The number of halogens is 4. The highest BCUT2D eigenvalue weighted by atomic mass is 79.9. The molecule has 7 heteroatoms. The molecule has 0 saturated carbocycles. The first-order chi connectivity index (χ1) is 8.79. The molecule has 1 unspecified atom stereocenters. The lowest BCUT2D eigenvalue weighted by Crippen LogP contribution is -2.03. The van der Waals surface area contributed by atoms with Crippen molar-refractivity contribution in [2.45, 2.75) is 19.2 Å². The largest absolute Gasteiger partial charge is 0.419 e. The van der Waals surface area contributed by atoms with Crippen molar-refractivity contribution in [2.24, 2.45) is 0 Å². The number of aromatic nitrogens is 2. The van der Waals surface area contributed by atoms with Gasteiger partial charge in [0.1, 0.15) is 0 Å². The van der Waals surface area contributed by atoms with E-state index >= 15 is 0 Å². The number of aliphatic hydroxyl groups is 1. The minimum atomic E-state index is -4.41. The third-order valence-corrected chi connectivity index (χ3v) is 3.25. The summed E-state index contributed by atoms with van der Waals surface area (Å²) >= 11 is 3.26. The summed E-state index contributed by atoms with van der Waals surface area (Å²) in [7, 11) is 0. The Morgan fingerprint density at radius 1 is 1.37 bits per heavy atom. The zero-order chi connectivity index (χ0) is 14.2. The Bertz CT molecular complexity index is 593. The highest BCUT2D eigenvalue weighted by Crippen LogP contribution is 2.31. The molecule has 0 amide bonds. The summed E-state index contributed by atoms with van der Waals surface area (Å²) < 4.78 is 39.2. The number of rotatable bonds is 2. The summed E-state index contributed by atoms with van der Waals surface area (Å²) in [5.41, 5.74) is 0.331. The Kier molecular flexibility index (Phi) is 3.69. The average Bonchev–Trinajstić information content (AvgIpc) is 2.77. The maximum Gasteiger partial charge on any atom is 0.419 e. The van der Waals surface area contributed by atoms with Gasteiger partial charge in [0.15, 0.2) is 0 Å². The van der Waals surface area contributed by atoms with Crippen molar-refractivity contribution >= 4 is 15.9 Å². The number of benzene rings is 1. The summed E-state index contributed by atoms with van der Waals surface area (Å²) in [5, 5.41) is 13.1. The third-order valence-electron chi connectivity index (χ3n) is 2.61. The molecule has 0 aliphatic heterocycles. The van der Waals surface area contributed by atoms with E-state index in [9.17, 15) is 18.3 Å². The van der Waals surface area contributed by atoms with Crippen LogP contribution in [0.5, 0.6) is 0 Å². The van der Waals surface area contributed by atoms with E-state index in [1.807, 2.05) is 0 Å². The molecule has 1 heterocycles. The molecule has 0 aliphatic carbocycles. The highest BCUT2D eigenvalue weighted by Gasteiger charge is 2.32. The zero-order valence-corrected chi connectivity index (χ0v) is 11.4. The van der Waals surface area contributed by atoms with Gasteiger partial charge in [0.2, 0.25) is 0 Å². The topological polar surface area (TPSA) is 38.0 Å². The molecule has 0 bridgehead atoms. The molecule has 19 heavy (non-hydrogen) atoms. The minimum absolute atomic E-state index is 0.472. The van der Waals surface area contributed by atoms with Gasteiger partial charge in [-0.1, -0.05) is 6.07 Å². The SMILES string of the molecule is CC(O)c1ccc(-n2cc(C(F)(F)F)cn2)c(Br)c1. The quantitative estimate of drug-likeness (QED) is 0.909. The first kappa shape index (κ1) is 14.1. The molecule has 1 N–H and O–H groups in total. The summed E-state index contributed by atoms with van der Waals surface area (Å²) in [6.07, 6.45) is -3.37. The molecule has 0 fully saturated rings. The van der Waals surface area contributed by atoms with E-state index in [-0.39, 0.29) is 0 Å². The molecule has 0 spiro atoms. The molecule has 2 rings (SSSR count). The Morgan fingerprint density at radius 3 is 2.53 bits per heavy atom. The van der Waals surface area contributed by atoms with Gasteiger partial charge >= 0.3 is 6.18 Å². The fraction of sp³-hybridized carbons (Fsp3) is 0.250. The summed E-state index contributed by atoms with van der Waals surface area (Å²) in [5.74, 6) is 0. The van der Waals surface area contributed by atoms with Crippen molar-refractivity contribution in [1.82, 2.24) is 9.78 Å². The van der Waals surface area contributed by atoms with Crippen LogP contribution in [-0.4, -0.2) is 14.9 Å². The van der Waals surface area contributed by atoms with Crippen LogP contribution in [0.4, 0.5) is 13.2 Å². The van der Waals surface area contributed by atoms with Crippen molar-refractivity contribution in [2.75, 3.05) is 0 Å². The van der Waals surface area contributed by atoms with Gasteiger partial charge in [-0.05, 0) is 40.5 Å². The van der Waals surface area contributed by atoms with Crippen molar-refractivity contribution in [1.29, 1.82) is 0 Å². The molecule has 0 radical (unpaired) electrons. The van der Waals surface area contributed by atoms with Gasteiger partial charge in [-0.2, -0.15) is 18.3 Å². The van der Waals surface area contributed by atoms with E-state index in [0.717, 1.165) is 17.1 Å². The second-order valence-corrected chi connectivity index (χ2v) is 4.91. The number of nitrogens with zero attached hydrogens (tertiary/aromatic N) is 2. The number of aliphatic hydroxyl groups excluding tert-OH is 1. The number of alkyl halides is 3. The van der Waals surface area contributed by atoms with Crippen LogP contribution in [0.15, 0.2) is 35.1 Å². The van der Waals surface area contributed by atoms with Crippen LogP contribution >= 0.6 is 15.9 Å². The molecule has 0 saturated heterocycles. The smallest absolute Gasteiger partial charge is 0.389 e. The van der Waals surface area contributed by atoms with E-state index in [2.05, 4.69) is 21.0 Å². The molecular formula is C12H10BrF3N2O. The second-order valence-electron chi connectivity index (χ2n) is 4.06. The molecule has 3 nitrogen and oxygen atoms in total. The Hall–Kier alpha value is -1.34. The van der Waals surface area contributed by atoms with Gasteiger partial charge < -0.3 is 5.11 Å². The standard InChI is InChI=1S/C12H10BrF3N2O/c1-7(19)8-2-3-11(10(13)4-8)18-6-9(5-17-18)12(14,15)16/h2-7,19H,1H3. The molecule has 102 valence electrons. The Balaban J connectivity index is 2.40. The third kappa shape index (κ3) is 2.98. The zero-order valence-electron chi connectivity index (χ0n) is 9.82. The molecule has 1 aromatic carbocycles. The van der Waals surface area contributed by atoms with E-state index in [1.165, 1.54) is 0 Å². The summed E-state index contributed by atoms with van der Waals surface area (Å²) in [4.78, 5) is 0. The van der Waals surface area contributed by atoms with Gasteiger partial charge in [-0.15, -0.1) is 0 Å². The molecule has 2 aromatic rings. The van der Waals surface area contributed by atoms with Gasteiger partial charge in [-0.25, -0.2) is 4.68 Å². The van der Waals surface area contributed by atoms with Crippen molar-refractivity contribution in [3.8, 4) is 5.69 Å². The van der Waals surface area contributed by atoms with Crippen molar-refractivity contribution < 1.29 is 18.3 Å². The Morgan fingerprint density at radius 2 is 2.05 bits per heavy atom. The summed E-state index contributed by atoms with van der Waals surface area (Å²) in [6, 6.07) is 4.88. The van der Waals surface area contributed by atoms with Gasteiger partial charge in [0, 0.05) is 10.7 Å². The average molecular weight is 335 g/mol. The first-order valence-corrected chi connectivity index (χ1v) is 6.18. The number of hydrogen-bond donors (Lipinski definition) is 1. The fourth-order valence-electron chi connectivity index (χ4n) is 1.57. The van der Waals surface area contributed by atoms with Crippen LogP contribution in [0.25, 0.3) is 5.69 Å². The van der Waals surface area contributed by atoms with Crippen LogP contribution in [0.3, 0.4) is 0 Å². The van der Waals surface area contributed by atoms with Crippen LogP contribution in [0, 0.1) is 0 Å². The Labute approximate surface area is 115 Å². The van der Waals surface area contributed by atoms with Gasteiger partial charge in [-0.3, -0.25) is 0 Å². The maximum atomic E-state index is 12.5. The fourth-order valence-corrected chi connectivity index (χ4v) is 2.15. The molecule has 1 aromatic heterocycles. The molecular weight excluding hydrogens is 325 g/mol. The van der Waals surface area contributed by atoms with Crippen LogP contribution in [-0.2, 0) is 6.18 Å². The predicted octanol–water partition coefficient (Wildman–Crippen LogP) is 3.71. The second kappa shape index (κ2) is 4.97. The van der Waals surface area contributed by atoms with Gasteiger partial charge in [0.25, 0.3) is 0 Å². The maximum absolute atomic E-state index is 12.5. The van der Waals surface area contributed by atoms with E-state index in [1.54, 1.807) is 25.1 Å². The molecule has 0 aliphatic rings. The van der Waals surface area contributed by atoms with Crippen LogP contribution < -0.4 is 0 Å². The minimum Gasteiger partial charge on any atom is -0.389 e. The normalized spacial score (nSPS) is 13.6. The lowest BCUT2D eigenvalue weighted by Gasteiger charge is -2.09. The van der Waals surface area contributed by atoms with Crippen LogP contribution in [0.2, 0.25) is 0 Å². The van der Waals surface area contributed by atoms with Crippen molar-refractivity contribution in [3.05, 3.63) is 46.2 Å². The first-order valence-electron chi connectivity index (χ1n) is 5.39. The highest BCUT2D eigenvalue weighted by molar-refractivity contribution is 9.10. The summed E-state index contributed by atoms with van der Waals surface area (Å²) in [6.45, 7) is 1.61. The number of hydrogen-bond acceptors (Lipinski definition) is 2. The van der Waals surface area contributed by atoms with Crippen LogP contribution in [0.1, 0.15) is 24.2 Å². The lowest BCUT2D eigenvalue weighted by molar-refractivity contribution is -0.137. The lowest BCUT2D eigenvalue weighted by atomic mass is 10.1. The predicted molar refractivity (Wildman–Crippen MR) is 66.9 cm³/mol. The van der Waals surface area contributed by atoms with E-state index < -0.39 is 17.8 Å². The molecule has 1 atom stereocenters. The monoisotopic (exact) mass is 334 g/mol. The van der Waals surface area contributed by atoms with Crippen molar-refractivity contribution in [3.63, 3.8) is 0 Å². The van der Waals surface area contributed by atoms with E-state index in [0.29, 0.717) is 15.7 Å².